The maximum Gasteiger partial charge on any atom is 0.260 e. The second-order valence-electron chi connectivity index (χ2n) is 9.85. The van der Waals surface area contributed by atoms with Crippen molar-refractivity contribution in [3.8, 4) is 28.3 Å². The number of carbonyl (C=O) groups is 1. The van der Waals surface area contributed by atoms with Gasteiger partial charge >= 0.3 is 0 Å². The van der Waals surface area contributed by atoms with E-state index in [0.29, 0.717) is 31.9 Å². The summed E-state index contributed by atoms with van der Waals surface area (Å²) in [6.45, 7) is 4.62. The van der Waals surface area contributed by atoms with Gasteiger partial charge < -0.3 is 23.8 Å². The number of rotatable bonds is 7. The molecule has 0 radical (unpaired) electrons. The highest BCUT2D eigenvalue weighted by Crippen LogP contribution is 2.37. The molecule has 6 rings (SSSR count). The number of methoxy groups -OCH3 is 1. The molecule has 1 saturated heterocycles. The molecule has 3 heterocycles. The Labute approximate surface area is 233 Å². The van der Waals surface area contributed by atoms with Gasteiger partial charge in [0.2, 0.25) is 0 Å². The maximum absolute atomic E-state index is 12.9. The van der Waals surface area contributed by atoms with Gasteiger partial charge in [0.05, 0.1) is 12.5 Å². The summed E-state index contributed by atoms with van der Waals surface area (Å²) in [5, 5.41) is 1.01. The summed E-state index contributed by atoms with van der Waals surface area (Å²) < 4.78 is 13.0. The number of piperazine rings is 1. The monoisotopic (exact) mass is 533 g/mol. The molecule has 1 aliphatic rings. The van der Waals surface area contributed by atoms with Crippen LogP contribution >= 0.6 is 0 Å². The summed E-state index contributed by atoms with van der Waals surface area (Å²) in [7, 11) is 1.62. The zero-order valence-corrected chi connectivity index (χ0v) is 22.7. The fourth-order valence-electron chi connectivity index (χ4n) is 5.17. The van der Waals surface area contributed by atoms with Crippen LogP contribution in [0.5, 0.6) is 11.5 Å². The highest BCUT2D eigenvalue weighted by molar-refractivity contribution is 6.02. The Hall–Kier alpha value is -4.85. The summed E-state index contributed by atoms with van der Waals surface area (Å²) in [6, 6.07) is 26.0. The van der Waals surface area contributed by atoms with Crippen LogP contribution in [0.3, 0.4) is 0 Å². The average Bonchev–Trinajstić information content (AvgIpc) is 3.41. The molecule has 8 heteroatoms. The molecule has 0 saturated carbocycles. The predicted octanol–water partition coefficient (Wildman–Crippen LogP) is 5.13. The Bertz CT molecular complexity index is 1620. The van der Waals surface area contributed by atoms with Crippen LogP contribution < -0.4 is 14.4 Å². The van der Waals surface area contributed by atoms with Crippen molar-refractivity contribution in [2.75, 3.05) is 44.8 Å². The standard InChI is InChI=1S/C32H31N5O3/c1-23-7-6-10-25(19-23)37-20-28(24-8-4-3-5-9-24)30-31(33-22-34-32(30)37)36-17-15-35(16-18-36)29(38)21-40-27-13-11-26(39-2)12-14-27/h3-14,19-20,22H,15-18,21H2,1-2H3. The molecule has 40 heavy (non-hydrogen) atoms. The van der Waals surface area contributed by atoms with Crippen LogP contribution in [-0.2, 0) is 4.79 Å². The van der Waals surface area contributed by atoms with Crippen molar-refractivity contribution in [2.24, 2.45) is 0 Å². The SMILES string of the molecule is COc1ccc(OCC(=O)N2CCN(c3ncnc4c3c(-c3ccccc3)cn4-c3cccc(C)c3)CC2)cc1. The van der Waals surface area contributed by atoms with E-state index in [0.717, 1.165) is 39.4 Å². The van der Waals surface area contributed by atoms with E-state index in [-0.39, 0.29) is 12.5 Å². The van der Waals surface area contributed by atoms with Gasteiger partial charge in [-0.15, -0.1) is 0 Å². The van der Waals surface area contributed by atoms with Gasteiger partial charge in [-0.3, -0.25) is 4.79 Å². The number of nitrogens with zero attached hydrogens (tertiary/aromatic N) is 5. The molecule has 0 atom stereocenters. The summed E-state index contributed by atoms with van der Waals surface area (Å²) in [5.41, 5.74) is 5.30. The lowest BCUT2D eigenvalue weighted by atomic mass is 10.1. The number of hydrogen-bond donors (Lipinski definition) is 0. The van der Waals surface area contributed by atoms with Gasteiger partial charge in [-0.05, 0) is 54.4 Å². The van der Waals surface area contributed by atoms with E-state index < -0.39 is 0 Å². The third-order valence-electron chi connectivity index (χ3n) is 7.28. The zero-order chi connectivity index (χ0) is 27.5. The summed E-state index contributed by atoms with van der Waals surface area (Å²) in [6.07, 6.45) is 3.79. The number of anilines is 1. The van der Waals surface area contributed by atoms with Gasteiger partial charge in [0, 0.05) is 43.6 Å². The topological polar surface area (TPSA) is 72.7 Å². The average molecular weight is 534 g/mol. The quantitative estimate of drug-likeness (QED) is 0.289. The van der Waals surface area contributed by atoms with Crippen LogP contribution in [-0.4, -0.2) is 65.2 Å². The largest absolute Gasteiger partial charge is 0.497 e. The van der Waals surface area contributed by atoms with Gasteiger partial charge in [0.25, 0.3) is 5.91 Å². The molecule has 3 aromatic carbocycles. The number of amides is 1. The molecule has 2 aromatic heterocycles. The third-order valence-corrected chi connectivity index (χ3v) is 7.28. The molecule has 1 aliphatic heterocycles. The lowest BCUT2D eigenvalue weighted by Gasteiger charge is -2.35. The van der Waals surface area contributed by atoms with Crippen LogP contribution in [0.15, 0.2) is 91.4 Å². The normalized spacial score (nSPS) is 13.4. The first-order valence-electron chi connectivity index (χ1n) is 13.4. The van der Waals surface area contributed by atoms with E-state index in [1.54, 1.807) is 25.6 Å². The van der Waals surface area contributed by atoms with E-state index in [2.05, 4.69) is 59.0 Å². The first-order valence-corrected chi connectivity index (χ1v) is 13.4. The minimum Gasteiger partial charge on any atom is -0.497 e. The first kappa shape index (κ1) is 25.4. The predicted molar refractivity (Wildman–Crippen MR) is 156 cm³/mol. The number of carbonyl (C=O) groups excluding carboxylic acids is 1. The van der Waals surface area contributed by atoms with E-state index >= 15 is 0 Å². The van der Waals surface area contributed by atoms with Crippen LogP contribution in [0.1, 0.15) is 5.56 Å². The minimum atomic E-state index is -0.0288. The number of benzene rings is 3. The molecule has 1 amide bonds. The Balaban J connectivity index is 1.24. The smallest absolute Gasteiger partial charge is 0.260 e. The molecule has 8 nitrogen and oxygen atoms in total. The van der Waals surface area contributed by atoms with Crippen LogP contribution in [0, 0.1) is 6.92 Å². The van der Waals surface area contributed by atoms with Crippen LogP contribution in [0.4, 0.5) is 5.82 Å². The van der Waals surface area contributed by atoms with Crippen molar-refractivity contribution < 1.29 is 14.3 Å². The molecule has 5 aromatic rings. The second-order valence-corrected chi connectivity index (χ2v) is 9.85. The Morgan fingerprint density at radius 3 is 2.35 bits per heavy atom. The number of fused-ring (bicyclic) bond motifs is 1. The molecule has 0 unspecified atom stereocenters. The molecule has 202 valence electrons. The Morgan fingerprint density at radius 1 is 0.875 bits per heavy atom. The van der Waals surface area contributed by atoms with Gasteiger partial charge in [-0.25, -0.2) is 9.97 Å². The second kappa shape index (κ2) is 11.1. The molecule has 0 spiro atoms. The molecular weight excluding hydrogens is 502 g/mol. The highest BCUT2D eigenvalue weighted by Gasteiger charge is 2.26. The third kappa shape index (κ3) is 5.08. The van der Waals surface area contributed by atoms with E-state index in [1.165, 1.54) is 5.56 Å². The van der Waals surface area contributed by atoms with E-state index in [9.17, 15) is 4.79 Å². The summed E-state index contributed by atoms with van der Waals surface area (Å²) in [4.78, 5) is 26.5. The van der Waals surface area contributed by atoms with Crippen LogP contribution in [0.25, 0.3) is 27.8 Å². The van der Waals surface area contributed by atoms with Crippen molar-refractivity contribution in [1.82, 2.24) is 19.4 Å². The van der Waals surface area contributed by atoms with Crippen molar-refractivity contribution in [3.05, 3.63) is 97.0 Å². The number of aromatic nitrogens is 3. The minimum absolute atomic E-state index is 0.00157. The van der Waals surface area contributed by atoms with E-state index in [1.807, 2.05) is 35.2 Å². The van der Waals surface area contributed by atoms with Crippen molar-refractivity contribution in [2.45, 2.75) is 6.92 Å². The lowest BCUT2D eigenvalue weighted by molar-refractivity contribution is -0.133. The van der Waals surface area contributed by atoms with Gasteiger partial charge in [0.1, 0.15) is 23.6 Å². The number of aryl methyl sites for hydroxylation is 1. The molecule has 1 fully saturated rings. The molecular formula is C32H31N5O3. The Kier molecular flexibility index (Phi) is 7.06. The van der Waals surface area contributed by atoms with E-state index in [4.69, 9.17) is 19.4 Å². The molecule has 0 N–H and O–H groups in total. The number of ether oxygens (including phenoxy) is 2. The van der Waals surface area contributed by atoms with Gasteiger partial charge in [-0.2, -0.15) is 0 Å². The Morgan fingerprint density at radius 2 is 1.62 bits per heavy atom. The first-order chi connectivity index (χ1) is 19.6. The molecule has 0 bridgehead atoms. The number of hydrogen-bond acceptors (Lipinski definition) is 6. The highest BCUT2D eigenvalue weighted by atomic mass is 16.5. The lowest BCUT2D eigenvalue weighted by Crippen LogP contribution is -2.50. The van der Waals surface area contributed by atoms with Crippen molar-refractivity contribution in [1.29, 1.82) is 0 Å². The fraction of sp³-hybridized carbons (Fsp3) is 0.219. The van der Waals surface area contributed by atoms with Crippen LogP contribution in [0.2, 0.25) is 0 Å². The van der Waals surface area contributed by atoms with Crippen molar-refractivity contribution in [3.63, 3.8) is 0 Å². The van der Waals surface area contributed by atoms with Gasteiger partial charge in [0.15, 0.2) is 12.3 Å². The zero-order valence-electron chi connectivity index (χ0n) is 22.7. The van der Waals surface area contributed by atoms with Gasteiger partial charge in [-0.1, -0.05) is 42.5 Å². The van der Waals surface area contributed by atoms with Crippen molar-refractivity contribution >= 4 is 22.8 Å². The molecule has 0 aliphatic carbocycles. The summed E-state index contributed by atoms with van der Waals surface area (Å²) >= 11 is 0. The maximum atomic E-state index is 12.9. The summed E-state index contributed by atoms with van der Waals surface area (Å²) in [5.74, 6) is 2.25. The fourth-order valence-corrected chi connectivity index (χ4v) is 5.17.